The maximum atomic E-state index is 14.3. The molecule has 120 valence electrons. The molecule has 0 atom stereocenters. The fraction of sp³-hybridized carbons (Fsp3) is 0.176. The first kappa shape index (κ1) is 15.4. The lowest BCUT2D eigenvalue weighted by atomic mass is 10.1. The van der Waals surface area contributed by atoms with Crippen LogP contribution in [-0.2, 0) is 6.54 Å². The molecule has 0 saturated carbocycles. The van der Waals surface area contributed by atoms with Crippen molar-refractivity contribution in [2.45, 2.75) is 12.7 Å². The molecule has 3 aromatic rings. The van der Waals surface area contributed by atoms with Gasteiger partial charge < -0.3 is 14.5 Å². The molecule has 0 unspecified atom stereocenters. The van der Waals surface area contributed by atoms with Crippen LogP contribution in [0.15, 0.2) is 59.2 Å². The molecule has 0 aliphatic carbocycles. The summed E-state index contributed by atoms with van der Waals surface area (Å²) in [5.74, 6) is -0.750. The normalized spacial score (nSPS) is 11.8. The van der Waals surface area contributed by atoms with Crippen molar-refractivity contribution in [3.05, 3.63) is 66.4 Å². The quantitative estimate of drug-likeness (QED) is 0.734. The summed E-state index contributed by atoms with van der Waals surface area (Å²) in [7, 11) is 0. The number of halogens is 3. The van der Waals surface area contributed by atoms with Crippen LogP contribution in [0, 0.1) is 5.82 Å². The third kappa shape index (κ3) is 3.65. The molecular weight excluding hydrogens is 307 g/mol. The van der Waals surface area contributed by atoms with E-state index < -0.39 is 24.2 Å². The molecule has 0 bridgehead atoms. The number of rotatable bonds is 6. The summed E-state index contributed by atoms with van der Waals surface area (Å²) < 4.78 is 51.5. The van der Waals surface area contributed by atoms with Gasteiger partial charge in [-0.1, -0.05) is 30.3 Å². The first-order valence-corrected chi connectivity index (χ1v) is 7.02. The Morgan fingerprint density at radius 2 is 1.87 bits per heavy atom. The summed E-state index contributed by atoms with van der Waals surface area (Å²) >= 11 is 0. The Morgan fingerprint density at radius 3 is 2.65 bits per heavy atom. The summed E-state index contributed by atoms with van der Waals surface area (Å²) in [6.45, 7) is -0.633. The molecule has 3 nitrogen and oxygen atoms in total. The summed E-state index contributed by atoms with van der Waals surface area (Å²) in [6.07, 6.45) is -2.09. The molecule has 0 aliphatic heterocycles. The molecule has 0 saturated heterocycles. The molecule has 1 heterocycles. The zero-order valence-electron chi connectivity index (χ0n) is 12.1. The third-order valence-corrected chi connectivity index (χ3v) is 3.30. The Bertz CT molecular complexity index is 788. The number of hydrogen-bond acceptors (Lipinski definition) is 3. The fourth-order valence-electron chi connectivity index (χ4n) is 2.23. The van der Waals surface area contributed by atoms with Crippen molar-refractivity contribution in [2.75, 3.05) is 6.54 Å². The maximum Gasteiger partial charge on any atom is 0.410 e. The van der Waals surface area contributed by atoms with Crippen LogP contribution in [0.3, 0.4) is 0 Å². The Morgan fingerprint density at radius 1 is 1.04 bits per heavy atom. The molecule has 0 radical (unpaired) electrons. The average molecular weight is 321 g/mol. The van der Waals surface area contributed by atoms with Crippen LogP contribution in [0.5, 0.6) is 5.75 Å². The largest absolute Gasteiger partial charge is 0.468 e. The lowest BCUT2D eigenvalue weighted by Gasteiger charge is -2.19. The highest BCUT2D eigenvalue weighted by Crippen LogP contribution is 2.29. The minimum absolute atomic E-state index is 0.131. The number of alkyl halides is 2. The fourth-order valence-corrected chi connectivity index (χ4v) is 2.23. The van der Waals surface area contributed by atoms with Gasteiger partial charge in [0.25, 0.3) is 0 Å². The highest BCUT2D eigenvalue weighted by atomic mass is 19.3. The molecule has 1 aromatic heterocycles. The molecule has 1 N–H and O–H groups in total. The highest BCUT2D eigenvalue weighted by molar-refractivity contribution is 5.84. The summed E-state index contributed by atoms with van der Waals surface area (Å²) in [5.41, 5.74) is 0. The van der Waals surface area contributed by atoms with Crippen molar-refractivity contribution in [2.24, 2.45) is 0 Å². The lowest BCUT2D eigenvalue weighted by molar-refractivity contribution is -0.173. The number of ether oxygens (including phenoxy) is 1. The van der Waals surface area contributed by atoms with Gasteiger partial charge >= 0.3 is 6.11 Å². The molecule has 23 heavy (non-hydrogen) atoms. The van der Waals surface area contributed by atoms with Crippen molar-refractivity contribution in [1.29, 1.82) is 0 Å². The van der Waals surface area contributed by atoms with Crippen molar-refractivity contribution < 1.29 is 22.3 Å². The van der Waals surface area contributed by atoms with E-state index in [1.807, 2.05) is 0 Å². The predicted molar refractivity (Wildman–Crippen MR) is 79.9 cm³/mol. The van der Waals surface area contributed by atoms with Crippen LogP contribution in [-0.4, -0.2) is 12.7 Å². The Labute approximate surface area is 130 Å². The minimum atomic E-state index is -3.55. The van der Waals surface area contributed by atoms with E-state index in [9.17, 15) is 13.2 Å². The van der Waals surface area contributed by atoms with E-state index in [-0.39, 0.29) is 11.9 Å². The van der Waals surface area contributed by atoms with E-state index in [4.69, 9.17) is 4.42 Å². The first-order valence-electron chi connectivity index (χ1n) is 7.02. The second-order valence-corrected chi connectivity index (χ2v) is 5.02. The van der Waals surface area contributed by atoms with Crippen LogP contribution >= 0.6 is 0 Å². The number of hydrogen-bond donors (Lipinski definition) is 1. The zero-order chi connectivity index (χ0) is 16.3. The lowest BCUT2D eigenvalue weighted by Crippen LogP contribution is -2.37. The molecular formula is C17H14F3NO2. The Balaban J connectivity index is 1.68. The van der Waals surface area contributed by atoms with E-state index in [0.29, 0.717) is 11.1 Å². The summed E-state index contributed by atoms with van der Waals surface area (Å²) in [5, 5.41) is 3.38. The molecule has 3 rings (SSSR count). The van der Waals surface area contributed by atoms with Gasteiger partial charge in [0.1, 0.15) is 12.3 Å². The average Bonchev–Trinajstić information content (AvgIpc) is 3.03. The molecule has 0 aliphatic rings. The van der Waals surface area contributed by atoms with Crippen molar-refractivity contribution in [3.63, 3.8) is 0 Å². The van der Waals surface area contributed by atoms with Gasteiger partial charge in [-0.2, -0.15) is 8.78 Å². The van der Waals surface area contributed by atoms with Crippen LogP contribution in [0.4, 0.5) is 13.2 Å². The first-order chi connectivity index (χ1) is 11.1. The smallest absolute Gasteiger partial charge is 0.410 e. The van der Waals surface area contributed by atoms with Crippen molar-refractivity contribution >= 4 is 10.8 Å². The van der Waals surface area contributed by atoms with Gasteiger partial charge in [0.2, 0.25) is 0 Å². The second kappa shape index (κ2) is 6.34. The standard InChI is InChI=1S/C17H14F3NO2/c18-16-14-6-2-1-4-12(14)7-8-15(16)23-17(19,20)11-21-10-13-5-3-9-22-13/h1-9,21H,10-11H2. The number of nitrogens with one attached hydrogen (secondary N) is 1. The molecule has 0 spiro atoms. The highest BCUT2D eigenvalue weighted by Gasteiger charge is 2.32. The van der Waals surface area contributed by atoms with Gasteiger partial charge in [0, 0.05) is 5.39 Å². The molecule has 2 aromatic carbocycles. The van der Waals surface area contributed by atoms with Crippen LogP contribution < -0.4 is 10.1 Å². The molecule has 6 heteroatoms. The van der Waals surface area contributed by atoms with Gasteiger partial charge in [-0.15, -0.1) is 0 Å². The van der Waals surface area contributed by atoms with Gasteiger partial charge in [-0.05, 0) is 23.6 Å². The van der Waals surface area contributed by atoms with E-state index in [2.05, 4.69) is 10.1 Å². The van der Waals surface area contributed by atoms with Gasteiger partial charge in [0.15, 0.2) is 11.6 Å². The van der Waals surface area contributed by atoms with Gasteiger partial charge in [0.05, 0.1) is 12.8 Å². The van der Waals surface area contributed by atoms with E-state index in [0.717, 1.165) is 0 Å². The van der Waals surface area contributed by atoms with E-state index in [1.54, 1.807) is 36.4 Å². The van der Waals surface area contributed by atoms with Crippen molar-refractivity contribution in [1.82, 2.24) is 5.32 Å². The van der Waals surface area contributed by atoms with Crippen LogP contribution in [0.2, 0.25) is 0 Å². The summed E-state index contributed by atoms with van der Waals surface area (Å²) in [6, 6.07) is 12.7. The Hall–Kier alpha value is -2.47. The molecule has 0 fully saturated rings. The topological polar surface area (TPSA) is 34.4 Å². The van der Waals surface area contributed by atoms with Crippen LogP contribution in [0.1, 0.15) is 5.76 Å². The van der Waals surface area contributed by atoms with Crippen LogP contribution in [0.25, 0.3) is 10.8 Å². The predicted octanol–water partition coefficient (Wildman–Crippen LogP) is 4.33. The monoisotopic (exact) mass is 321 g/mol. The summed E-state index contributed by atoms with van der Waals surface area (Å²) in [4.78, 5) is 0. The van der Waals surface area contributed by atoms with E-state index in [1.165, 1.54) is 18.4 Å². The second-order valence-electron chi connectivity index (χ2n) is 5.02. The number of furan rings is 1. The third-order valence-electron chi connectivity index (χ3n) is 3.30. The van der Waals surface area contributed by atoms with Gasteiger partial charge in [-0.25, -0.2) is 4.39 Å². The molecule has 0 amide bonds. The number of fused-ring (bicyclic) bond motifs is 1. The minimum Gasteiger partial charge on any atom is -0.468 e. The SMILES string of the molecule is Fc1c(OC(F)(F)CNCc2ccco2)ccc2ccccc12. The maximum absolute atomic E-state index is 14.3. The zero-order valence-corrected chi connectivity index (χ0v) is 12.1. The Kier molecular flexibility index (Phi) is 4.25. The van der Waals surface area contributed by atoms with Crippen molar-refractivity contribution in [3.8, 4) is 5.75 Å². The van der Waals surface area contributed by atoms with E-state index >= 15 is 0 Å². The van der Waals surface area contributed by atoms with Gasteiger partial charge in [-0.3, -0.25) is 0 Å². The number of benzene rings is 2.